The molecule has 96 valence electrons. The monoisotopic (exact) mass is 240 g/mol. The van der Waals surface area contributed by atoms with Crippen molar-refractivity contribution in [2.45, 2.75) is 38.7 Å². The Labute approximate surface area is 101 Å². The zero-order valence-electron chi connectivity index (χ0n) is 11.0. The third-order valence-electron chi connectivity index (χ3n) is 2.61. The second-order valence-electron chi connectivity index (χ2n) is 5.12. The molecule has 0 fully saturated rings. The fourth-order valence-electron chi connectivity index (χ4n) is 1.51. The van der Waals surface area contributed by atoms with Gasteiger partial charge in [-0.2, -0.15) is 5.10 Å². The van der Waals surface area contributed by atoms with E-state index in [0.717, 1.165) is 5.69 Å². The Hall–Kier alpha value is -1.36. The summed E-state index contributed by atoms with van der Waals surface area (Å²) >= 11 is 0. The molecule has 0 radical (unpaired) electrons. The van der Waals surface area contributed by atoms with E-state index in [9.17, 15) is 9.90 Å². The van der Waals surface area contributed by atoms with Crippen LogP contribution in [0.1, 0.15) is 44.7 Å². The Morgan fingerprint density at radius 3 is 2.59 bits per heavy atom. The molecule has 0 aromatic carbocycles. The van der Waals surface area contributed by atoms with E-state index in [0.29, 0.717) is 5.69 Å². The predicted molar refractivity (Wildman–Crippen MR) is 63.5 cm³/mol. The van der Waals surface area contributed by atoms with Gasteiger partial charge >= 0.3 is 5.97 Å². The van der Waals surface area contributed by atoms with Crippen LogP contribution < -0.4 is 0 Å². The molecule has 5 nitrogen and oxygen atoms in total. The van der Waals surface area contributed by atoms with E-state index < -0.39 is 12.1 Å². The predicted octanol–water partition coefficient (Wildman–Crippen LogP) is 1.31. The molecule has 0 unspecified atom stereocenters. The first kappa shape index (κ1) is 13.7. The number of esters is 1. The van der Waals surface area contributed by atoms with Crippen LogP contribution in [0.2, 0.25) is 0 Å². The summed E-state index contributed by atoms with van der Waals surface area (Å²) in [5.41, 5.74) is 1.43. The van der Waals surface area contributed by atoms with Crippen LogP contribution in [0.25, 0.3) is 0 Å². The summed E-state index contributed by atoms with van der Waals surface area (Å²) in [6.45, 7) is 6.14. The van der Waals surface area contributed by atoms with Crippen LogP contribution in [0, 0.1) is 0 Å². The first-order chi connectivity index (χ1) is 7.75. The van der Waals surface area contributed by atoms with Gasteiger partial charge in [0.15, 0.2) is 0 Å². The van der Waals surface area contributed by atoms with Gasteiger partial charge in [0.1, 0.15) is 6.10 Å². The molecule has 0 aliphatic rings. The van der Waals surface area contributed by atoms with Gasteiger partial charge in [0, 0.05) is 12.5 Å². The number of carbonyl (C=O) groups is 1. The van der Waals surface area contributed by atoms with E-state index in [1.165, 1.54) is 7.11 Å². The molecular weight excluding hydrogens is 220 g/mol. The highest BCUT2D eigenvalue weighted by Crippen LogP contribution is 2.25. The van der Waals surface area contributed by atoms with Crippen molar-refractivity contribution >= 4 is 5.97 Å². The van der Waals surface area contributed by atoms with Crippen molar-refractivity contribution in [1.29, 1.82) is 0 Å². The maximum Gasteiger partial charge on any atom is 0.308 e. The van der Waals surface area contributed by atoms with Gasteiger partial charge in [-0.1, -0.05) is 20.8 Å². The van der Waals surface area contributed by atoms with Crippen LogP contribution >= 0.6 is 0 Å². The molecule has 1 aromatic heterocycles. The summed E-state index contributed by atoms with van der Waals surface area (Å²) < 4.78 is 6.13. The van der Waals surface area contributed by atoms with E-state index in [1.54, 1.807) is 11.7 Å². The second-order valence-corrected chi connectivity index (χ2v) is 5.12. The number of aromatic nitrogens is 2. The van der Waals surface area contributed by atoms with Gasteiger partial charge in [0.2, 0.25) is 0 Å². The average molecular weight is 240 g/mol. The van der Waals surface area contributed by atoms with E-state index >= 15 is 0 Å². The lowest BCUT2D eigenvalue weighted by molar-refractivity contribution is -0.143. The van der Waals surface area contributed by atoms with Crippen molar-refractivity contribution in [2.75, 3.05) is 7.11 Å². The van der Waals surface area contributed by atoms with E-state index in [2.05, 4.69) is 9.84 Å². The van der Waals surface area contributed by atoms with Crippen molar-refractivity contribution in [3.05, 3.63) is 17.5 Å². The van der Waals surface area contributed by atoms with E-state index in [1.807, 2.05) is 26.8 Å². The summed E-state index contributed by atoms with van der Waals surface area (Å²) in [6.07, 6.45) is -0.935. The molecule has 0 amide bonds. The highest BCUT2D eigenvalue weighted by atomic mass is 16.5. The average Bonchev–Trinajstić information content (AvgIpc) is 2.59. The first-order valence-electron chi connectivity index (χ1n) is 5.55. The fraction of sp³-hybridized carbons (Fsp3) is 0.667. The third-order valence-corrected chi connectivity index (χ3v) is 2.61. The second kappa shape index (κ2) is 4.87. The van der Waals surface area contributed by atoms with Crippen LogP contribution in [-0.2, 0) is 22.0 Å². The highest BCUT2D eigenvalue weighted by molar-refractivity contribution is 5.69. The molecule has 1 rings (SSSR count). The molecule has 1 aromatic rings. The summed E-state index contributed by atoms with van der Waals surface area (Å²) in [5.74, 6) is -0.434. The molecule has 17 heavy (non-hydrogen) atoms. The number of nitrogens with zero attached hydrogens (tertiary/aromatic N) is 2. The Morgan fingerprint density at radius 2 is 2.18 bits per heavy atom. The molecule has 0 saturated carbocycles. The molecule has 1 heterocycles. The number of aliphatic hydroxyl groups excluding tert-OH is 1. The van der Waals surface area contributed by atoms with Crippen molar-refractivity contribution in [1.82, 2.24) is 9.78 Å². The molecule has 0 aliphatic carbocycles. The summed E-state index contributed by atoms with van der Waals surface area (Å²) in [6, 6.07) is 1.83. The molecule has 0 aliphatic heterocycles. The Bertz CT molecular complexity index is 404. The molecule has 0 spiro atoms. The van der Waals surface area contributed by atoms with Crippen LogP contribution in [0.4, 0.5) is 0 Å². The molecule has 0 bridgehead atoms. The number of carbonyl (C=O) groups excluding carboxylic acids is 1. The third kappa shape index (κ3) is 3.30. The van der Waals surface area contributed by atoms with Gasteiger partial charge in [-0.3, -0.25) is 9.48 Å². The van der Waals surface area contributed by atoms with Crippen molar-refractivity contribution < 1.29 is 14.6 Å². The van der Waals surface area contributed by atoms with Crippen LogP contribution in [0.15, 0.2) is 6.07 Å². The minimum Gasteiger partial charge on any atom is -0.469 e. The zero-order chi connectivity index (χ0) is 13.2. The lowest BCUT2D eigenvalue weighted by atomic mass is 9.92. The summed E-state index contributed by atoms with van der Waals surface area (Å²) in [7, 11) is 3.06. The first-order valence-corrected chi connectivity index (χ1v) is 5.55. The minimum absolute atomic E-state index is 0.0559. The SMILES string of the molecule is COC(=O)C[C@@H](O)c1cc(C(C)(C)C)nn1C. The van der Waals surface area contributed by atoms with Gasteiger partial charge in [-0.15, -0.1) is 0 Å². The Morgan fingerprint density at radius 1 is 1.59 bits per heavy atom. The number of ether oxygens (including phenoxy) is 1. The fourth-order valence-corrected chi connectivity index (χ4v) is 1.51. The minimum atomic E-state index is -0.879. The number of methoxy groups -OCH3 is 1. The van der Waals surface area contributed by atoms with Crippen molar-refractivity contribution in [3.8, 4) is 0 Å². The van der Waals surface area contributed by atoms with Crippen molar-refractivity contribution in [2.24, 2.45) is 7.05 Å². The van der Waals surface area contributed by atoms with Gasteiger partial charge < -0.3 is 9.84 Å². The summed E-state index contributed by atoms with van der Waals surface area (Å²) in [5, 5.41) is 14.3. The normalized spacial score (nSPS) is 13.5. The number of hydrogen-bond acceptors (Lipinski definition) is 4. The van der Waals surface area contributed by atoms with Gasteiger partial charge in [-0.25, -0.2) is 0 Å². The van der Waals surface area contributed by atoms with Crippen LogP contribution in [-0.4, -0.2) is 28.0 Å². The van der Waals surface area contributed by atoms with Crippen molar-refractivity contribution in [3.63, 3.8) is 0 Å². The summed E-state index contributed by atoms with van der Waals surface area (Å²) in [4.78, 5) is 11.1. The smallest absolute Gasteiger partial charge is 0.308 e. The number of aryl methyl sites for hydroxylation is 1. The highest BCUT2D eigenvalue weighted by Gasteiger charge is 2.23. The van der Waals surface area contributed by atoms with Crippen LogP contribution in [0.5, 0.6) is 0 Å². The lowest BCUT2D eigenvalue weighted by Crippen LogP contribution is -2.12. The Balaban J connectivity index is 2.91. The maximum absolute atomic E-state index is 11.1. The molecule has 1 N–H and O–H groups in total. The number of hydrogen-bond donors (Lipinski definition) is 1. The quantitative estimate of drug-likeness (QED) is 0.809. The maximum atomic E-state index is 11.1. The van der Waals surface area contributed by atoms with Gasteiger partial charge in [-0.05, 0) is 6.07 Å². The Kier molecular flexibility index (Phi) is 3.93. The lowest BCUT2D eigenvalue weighted by Gasteiger charge is -2.13. The standard InChI is InChI=1S/C12H20N2O3/c1-12(2,3)10-6-8(14(4)13-10)9(15)7-11(16)17-5/h6,9,15H,7H2,1-5H3/t9-/m1/s1. The molecule has 0 saturated heterocycles. The molecule has 5 heteroatoms. The molecular formula is C12H20N2O3. The molecule has 1 atom stereocenters. The zero-order valence-corrected chi connectivity index (χ0v) is 11.0. The van der Waals surface area contributed by atoms with Gasteiger partial charge in [0.25, 0.3) is 0 Å². The topological polar surface area (TPSA) is 64.3 Å². The largest absolute Gasteiger partial charge is 0.469 e. The van der Waals surface area contributed by atoms with Gasteiger partial charge in [0.05, 0.1) is 24.9 Å². The van der Waals surface area contributed by atoms with E-state index in [4.69, 9.17) is 0 Å². The number of rotatable bonds is 3. The van der Waals surface area contributed by atoms with Crippen LogP contribution in [0.3, 0.4) is 0 Å². The van der Waals surface area contributed by atoms with E-state index in [-0.39, 0.29) is 11.8 Å². The number of aliphatic hydroxyl groups is 1.